The molecule has 8 heteroatoms. The fourth-order valence-corrected chi connectivity index (χ4v) is 3.68. The quantitative estimate of drug-likeness (QED) is 0.508. The van der Waals surface area contributed by atoms with Crippen LogP contribution in [0.4, 0.5) is 5.69 Å². The second-order valence-corrected chi connectivity index (χ2v) is 7.25. The summed E-state index contributed by atoms with van der Waals surface area (Å²) < 4.78 is 1.68. The third-order valence-electron chi connectivity index (χ3n) is 5.29. The maximum atomic E-state index is 13.1. The smallest absolute Gasteiger partial charge is 0.276 e. The van der Waals surface area contributed by atoms with E-state index >= 15 is 0 Å². The Morgan fingerprint density at radius 1 is 0.906 bits per heavy atom. The highest BCUT2D eigenvalue weighted by Crippen LogP contribution is 2.29. The number of amides is 3. The molecule has 1 aliphatic heterocycles. The zero-order valence-corrected chi connectivity index (χ0v) is 17.0. The van der Waals surface area contributed by atoms with Crippen molar-refractivity contribution in [1.82, 2.24) is 19.7 Å². The van der Waals surface area contributed by atoms with Crippen molar-refractivity contribution in [3.8, 4) is 16.9 Å². The number of anilines is 1. The van der Waals surface area contributed by atoms with E-state index in [1.807, 2.05) is 42.5 Å². The molecule has 5 rings (SSSR count). The summed E-state index contributed by atoms with van der Waals surface area (Å²) in [4.78, 5) is 42.9. The summed E-state index contributed by atoms with van der Waals surface area (Å²) in [7, 11) is 1.42. The topological polar surface area (TPSA) is 97.2 Å². The van der Waals surface area contributed by atoms with Crippen LogP contribution in [0.25, 0.3) is 16.9 Å². The lowest BCUT2D eigenvalue weighted by atomic mass is 10.1. The van der Waals surface area contributed by atoms with Crippen molar-refractivity contribution in [1.29, 1.82) is 0 Å². The number of nitrogens with one attached hydrogen (secondary N) is 1. The van der Waals surface area contributed by atoms with Gasteiger partial charge in [0.1, 0.15) is 0 Å². The van der Waals surface area contributed by atoms with Crippen LogP contribution in [0.15, 0.2) is 79.1 Å². The van der Waals surface area contributed by atoms with Crippen LogP contribution in [0.3, 0.4) is 0 Å². The lowest BCUT2D eigenvalue weighted by molar-refractivity contribution is 0.0693. The Bertz CT molecular complexity index is 1310. The van der Waals surface area contributed by atoms with Gasteiger partial charge in [-0.25, -0.2) is 4.68 Å². The zero-order chi connectivity index (χ0) is 22.2. The van der Waals surface area contributed by atoms with Crippen molar-refractivity contribution in [2.24, 2.45) is 0 Å². The third kappa shape index (κ3) is 3.14. The minimum atomic E-state index is -0.488. The van der Waals surface area contributed by atoms with Crippen LogP contribution < -0.4 is 5.32 Å². The molecule has 3 amide bonds. The number of carbonyl (C=O) groups excluding carboxylic acids is 3. The Morgan fingerprint density at radius 2 is 1.66 bits per heavy atom. The number of rotatable bonds is 4. The van der Waals surface area contributed by atoms with Gasteiger partial charge >= 0.3 is 0 Å². The van der Waals surface area contributed by atoms with Gasteiger partial charge in [-0.2, -0.15) is 5.10 Å². The number of carbonyl (C=O) groups is 3. The number of fused-ring (bicyclic) bond motifs is 1. The molecule has 0 aliphatic carbocycles. The molecule has 1 N–H and O–H groups in total. The van der Waals surface area contributed by atoms with Gasteiger partial charge in [-0.3, -0.25) is 24.3 Å². The van der Waals surface area contributed by atoms with Crippen LogP contribution in [-0.4, -0.2) is 44.4 Å². The van der Waals surface area contributed by atoms with Crippen LogP contribution >= 0.6 is 0 Å². The van der Waals surface area contributed by atoms with Gasteiger partial charge in [0.25, 0.3) is 17.7 Å². The third-order valence-corrected chi connectivity index (χ3v) is 5.29. The van der Waals surface area contributed by atoms with Gasteiger partial charge in [0.2, 0.25) is 0 Å². The van der Waals surface area contributed by atoms with Gasteiger partial charge in [0.15, 0.2) is 5.69 Å². The molecular formula is C24H17N5O3. The molecule has 3 heterocycles. The average Bonchev–Trinajstić information content (AvgIpc) is 3.37. The van der Waals surface area contributed by atoms with Gasteiger partial charge in [-0.1, -0.05) is 24.3 Å². The molecule has 2 aromatic carbocycles. The molecule has 156 valence electrons. The number of imide groups is 1. The number of pyridine rings is 1. The highest BCUT2D eigenvalue weighted by atomic mass is 16.2. The minimum absolute atomic E-state index is 0.170. The zero-order valence-electron chi connectivity index (χ0n) is 17.0. The Morgan fingerprint density at radius 3 is 2.41 bits per heavy atom. The molecule has 8 nitrogen and oxygen atoms in total. The van der Waals surface area contributed by atoms with E-state index in [1.54, 1.807) is 41.3 Å². The summed E-state index contributed by atoms with van der Waals surface area (Å²) in [5, 5.41) is 7.26. The van der Waals surface area contributed by atoms with E-state index in [0.29, 0.717) is 5.69 Å². The van der Waals surface area contributed by atoms with Crippen molar-refractivity contribution in [3.63, 3.8) is 0 Å². The van der Waals surface area contributed by atoms with Gasteiger partial charge in [0, 0.05) is 25.0 Å². The largest absolute Gasteiger partial charge is 0.320 e. The van der Waals surface area contributed by atoms with Crippen molar-refractivity contribution in [2.45, 2.75) is 0 Å². The number of benzene rings is 2. The fourth-order valence-electron chi connectivity index (χ4n) is 3.68. The first-order valence-electron chi connectivity index (χ1n) is 9.87. The van der Waals surface area contributed by atoms with Crippen molar-refractivity contribution in [3.05, 3.63) is 95.9 Å². The summed E-state index contributed by atoms with van der Waals surface area (Å²) in [5.41, 5.74) is 3.25. The second-order valence-electron chi connectivity index (χ2n) is 7.25. The van der Waals surface area contributed by atoms with Crippen LogP contribution in [0, 0.1) is 0 Å². The SMILES string of the molecule is CN1C(=O)c2cccc(NC(=O)c3cc(-c4ccncc4)n(-c4ccccc4)n3)c2C1=O. The number of hydrogen-bond acceptors (Lipinski definition) is 5. The van der Waals surface area contributed by atoms with Crippen LogP contribution in [-0.2, 0) is 0 Å². The molecule has 0 spiro atoms. The minimum Gasteiger partial charge on any atom is -0.320 e. The lowest BCUT2D eigenvalue weighted by Gasteiger charge is -2.08. The van der Waals surface area contributed by atoms with Crippen molar-refractivity contribution >= 4 is 23.4 Å². The Kier molecular flexibility index (Phi) is 4.59. The Balaban J connectivity index is 1.55. The molecule has 2 aromatic heterocycles. The highest BCUT2D eigenvalue weighted by Gasteiger charge is 2.35. The summed E-state index contributed by atoms with van der Waals surface area (Å²) in [6, 6.07) is 19.6. The molecule has 0 radical (unpaired) electrons. The summed E-state index contributed by atoms with van der Waals surface area (Å²) >= 11 is 0. The first kappa shape index (κ1) is 19.4. The van der Waals surface area contributed by atoms with Crippen LogP contribution in [0.1, 0.15) is 31.2 Å². The monoisotopic (exact) mass is 423 g/mol. The summed E-state index contributed by atoms with van der Waals surface area (Å²) in [6.07, 6.45) is 3.34. The molecule has 4 aromatic rings. The van der Waals surface area contributed by atoms with Crippen LogP contribution in [0.5, 0.6) is 0 Å². The Hall–Kier alpha value is -4.59. The normalized spacial score (nSPS) is 12.7. The predicted octanol–water partition coefficient (Wildman–Crippen LogP) is 3.41. The van der Waals surface area contributed by atoms with E-state index < -0.39 is 17.7 Å². The van der Waals surface area contributed by atoms with E-state index in [9.17, 15) is 14.4 Å². The molecule has 0 atom stereocenters. The van der Waals surface area contributed by atoms with E-state index in [4.69, 9.17) is 0 Å². The average molecular weight is 423 g/mol. The predicted molar refractivity (Wildman–Crippen MR) is 118 cm³/mol. The van der Waals surface area contributed by atoms with E-state index in [1.165, 1.54) is 7.05 Å². The maximum Gasteiger partial charge on any atom is 0.276 e. The highest BCUT2D eigenvalue weighted by molar-refractivity contribution is 6.24. The molecule has 0 unspecified atom stereocenters. The first-order chi connectivity index (χ1) is 15.5. The number of para-hydroxylation sites is 1. The number of nitrogens with zero attached hydrogens (tertiary/aromatic N) is 4. The number of aromatic nitrogens is 3. The van der Waals surface area contributed by atoms with E-state index in [2.05, 4.69) is 15.4 Å². The molecule has 0 saturated carbocycles. The lowest BCUT2D eigenvalue weighted by Crippen LogP contribution is -2.24. The summed E-state index contributed by atoms with van der Waals surface area (Å²) in [6.45, 7) is 0. The molecule has 0 saturated heterocycles. The van der Waals surface area contributed by atoms with Gasteiger partial charge < -0.3 is 5.32 Å². The van der Waals surface area contributed by atoms with Crippen molar-refractivity contribution < 1.29 is 14.4 Å². The molecule has 32 heavy (non-hydrogen) atoms. The van der Waals surface area contributed by atoms with Gasteiger partial charge in [0.05, 0.1) is 28.2 Å². The standard InChI is InChI=1S/C24H17N5O3/c1-28-23(31)17-8-5-9-18(21(17)24(28)32)26-22(30)19-14-20(15-10-12-25-13-11-15)29(27-19)16-6-3-2-4-7-16/h2-14H,1H3,(H,26,30). The second kappa shape index (κ2) is 7.59. The van der Waals surface area contributed by atoms with Gasteiger partial charge in [-0.05, 0) is 42.5 Å². The fraction of sp³-hybridized carbons (Fsp3) is 0.0417. The van der Waals surface area contributed by atoms with Gasteiger partial charge in [-0.15, -0.1) is 0 Å². The van der Waals surface area contributed by atoms with Crippen molar-refractivity contribution in [2.75, 3.05) is 12.4 Å². The summed E-state index contributed by atoms with van der Waals surface area (Å²) in [5.74, 6) is -1.33. The van der Waals surface area contributed by atoms with Crippen LogP contribution in [0.2, 0.25) is 0 Å². The molecule has 1 aliphatic rings. The maximum absolute atomic E-state index is 13.1. The molecule has 0 fully saturated rings. The number of hydrogen-bond donors (Lipinski definition) is 1. The van der Waals surface area contributed by atoms with E-state index in [0.717, 1.165) is 16.2 Å². The molecular weight excluding hydrogens is 406 g/mol. The Labute approximate surface area is 183 Å². The van der Waals surface area contributed by atoms with E-state index in [-0.39, 0.29) is 22.5 Å². The first-order valence-corrected chi connectivity index (χ1v) is 9.87. The molecule has 0 bridgehead atoms.